The molecule has 0 aliphatic carbocycles. The van der Waals surface area contributed by atoms with Gasteiger partial charge in [0.1, 0.15) is 6.10 Å². The Kier molecular flexibility index (Phi) is 32.5. The number of phosphoric ester groups is 1. The second-order valence-electron chi connectivity index (χ2n) is 12.1. The average Bonchev–Trinajstić information content (AvgIpc) is 2.99. The predicted molar refractivity (Wildman–Crippen MR) is 178 cm³/mol. The van der Waals surface area contributed by atoms with Crippen molar-refractivity contribution in [1.82, 2.24) is 0 Å². The van der Waals surface area contributed by atoms with Crippen molar-refractivity contribution in [2.75, 3.05) is 33.0 Å². The normalized spacial score (nSPS) is 13.7. The van der Waals surface area contributed by atoms with Crippen LogP contribution < -0.4 is 5.73 Å². The number of carbonyl (C=O) groups is 1. The van der Waals surface area contributed by atoms with Gasteiger partial charge in [-0.05, 0) is 12.8 Å². The minimum atomic E-state index is -4.23. The summed E-state index contributed by atoms with van der Waals surface area (Å²) in [6, 6.07) is 0. The number of phosphoric acid groups is 1. The molecule has 258 valence electrons. The Morgan fingerprint density at radius 3 is 1.42 bits per heavy atom. The summed E-state index contributed by atoms with van der Waals surface area (Å²) in [6.45, 7) is 4.58. The lowest BCUT2D eigenvalue weighted by Gasteiger charge is -2.19. The summed E-state index contributed by atoms with van der Waals surface area (Å²) in [5, 5.41) is 0. The van der Waals surface area contributed by atoms with Gasteiger partial charge in [0.15, 0.2) is 0 Å². The van der Waals surface area contributed by atoms with Crippen LogP contribution in [-0.4, -0.2) is 49.9 Å². The van der Waals surface area contributed by atoms with E-state index in [1.54, 1.807) is 0 Å². The van der Waals surface area contributed by atoms with E-state index in [0.29, 0.717) is 13.0 Å². The van der Waals surface area contributed by atoms with E-state index in [2.05, 4.69) is 6.92 Å². The zero-order valence-corrected chi connectivity index (χ0v) is 29.1. The first-order valence-electron chi connectivity index (χ1n) is 18.0. The maximum Gasteiger partial charge on any atom is 0.472 e. The Labute approximate surface area is 265 Å². The summed E-state index contributed by atoms with van der Waals surface area (Å²) in [5.41, 5.74) is 5.29. The Hall–Kier alpha value is -0.500. The molecule has 0 heterocycles. The van der Waals surface area contributed by atoms with E-state index >= 15 is 0 Å². The molecule has 0 aliphatic heterocycles. The standard InChI is InChI=1S/C34H70NO7P/c1-3-5-6-7-8-9-10-11-12-13-14-15-16-17-18-19-20-21-22-23-24-25-26-29-39-31-33(42-34(36)27-4-2)32-41-43(37,38)40-30-28-35/h33H,3-32,35H2,1-2H3,(H,37,38). The van der Waals surface area contributed by atoms with E-state index in [9.17, 15) is 14.3 Å². The summed E-state index contributed by atoms with van der Waals surface area (Å²) < 4.78 is 32.6. The quantitative estimate of drug-likeness (QED) is 0.0401. The fraction of sp³-hybridized carbons (Fsp3) is 0.971. The van der Waals surface area contributed by atoms with Gasteiger partial charge in [-0.25, -0.2) is 4.57 Å². The van der Waals surface area contributed by atoms with Crippen molar-refractivity contribution < 1.29 is 32.8 Å². The Balaban J connectivity index is 3.55. The molecule has 0 fully saturated rings. The van der Waals surface area contributed by atoms with E-state index < -0.39 is 13.9 Å². The van der Waals surface area contributed by atoms with Gasteiger partial charge < -0.3 is 20.1 Å². The molecule has 0 spiro atoms. The first-order valence-corrected chi connectivity index (χ1v) is 19.5. The van der Waals surface area contributed by atoms with Crippen molar-refractivity contribution in [1.29, 1.82) is 0 Å². The molecule has 0 aromatic carbocycles. The van der Waals surface area contributed by atoms with E-state index in [1.807, 2.05) is 6.92 Å². The molecule has 0 saturated carbocycles. The largest absolute Gasteiger partial charge is 0.472 e. The van der Waals surface area contributed by atoms with Crippen LogP contribution in [0.1, 0.15) is 174 Å². The first-order chi connectivity index (χ1) is 20.9. The van der Waals surface area contributed by atoms with Crippen molar-refractivity contribution in [3.05, 3.63) is 0 Å². The highest BCUT2D eigenvalue weighted by Gasteiger charge is 2.25. The maximum absolute atomic E-state index is 11.9. The van der Waals surface area contributed by atoms with E-state index in [4.69, 9.17) is 24.3 Å². The van der Waals surface area contributed by atoms with Gasteiger partial charge in [0, 0.05) is 19.6 Å². The molecule has 2 unspecified atom stereocenters. The van der Waals surface area contributed by atoms with Gasteiger partial charge in [0.2, 0.25) is 0 Å². The molecule has 3 N–H and O–H groups in total. The number of ether oxygens (including phenoxy) is 2. The maximum atomic E-state index is 11.9. The minimum absolute atomic E-state index is 0.0932. The van der Waals surface area contributed by atoms with E-state index in [-0.39, 0.29) is 38.8 Å². The molecular formula is C34H70NO7P. The highest BCUT2D eigenvalue weighted by atomic mass is 31.2. The number of unbranched alkanes of at least 4 members (excludes halogenated alkanes) is 22. The molecule has 0 saturated heterocycles. The Morgan fingerprint density at radius 2 is 1.02 bits per heavy atom. The number of rotatable bonds is 35. The van der Waals surface area contributed by atoms with Gasteiger partial charge in [-0.3, -0.25) is 13.8 Å². The second kappa shape index (κ2) is 32.9. The molecule has 2 atom stereocenters. The fourth-order valence-electron chi connectivity index (χ4n) is 5.15. The summed E-state index contributed by atoms with van der Waals surface area (Å²) in [7, 11) is -4.23. The van der Waals surface area contributed by atoms with Crippen molar-refractivity contribution in [2.24, 2.45) is 5.73 Å². The van der Waals surface area contributed by atoms with Crippen LogP contribution in [0.4, 0.5) is 0 Å². The van der Waals surface area contributed by atoms with Gasteiger partial charge in [0.25, 0.3) is 0 Å². The molecule has 0 aliphatic rings. The van der Waals surface area contributed by atoms with Gasteiger partial charge in [-0.1, -0.05) is 155 Å². The fourth-order valence-corrected chi connectivity index (χ4v) is 5.92. The third kappa shape index (κ3) is 32.7. The van der Waals surface area contributed by atoms with Gasteiger partial charge in [-0.15, -0.1) is 0 Å². The van der Waals surface area contributed by atoms with Crippen LogP contribution in [0, 0.1) is 0 Å². The lowest BCUT2D eigenvalue weighted by molar-refractivity contribution is -0.154. The molecule has 0 bridgehead atoms. The average molecular weight is 636 g/mol. The molecule has 9 heteroatoms. The van der Waals surface area contributed by atoms with E-state index in [0.717, 1.165) is 12.8 Å². The number of hydrogen-bond acceptors (Lipinski definition) is 7. The molecule has 0 radical (unpaired) electrons. The monoisotopic (exact) mass is 635 g/mol. The lowest BCUT2D eigenvalue weighted by atomic mass is 10.0. The summed E-state index contributed by atoms with van der Waals surface area (Å²) in [6.07, 6.45) is 31.4. The summed E-state index contributed by atoms with van der Waals surface area (Å²) >= 11 is 0. The molecule has 8 nitrogen and oxygen atoms in total. The molecule has 0 aromatic heterocycles. The van der Waals surface area contributed by atoms with Gasteiger partial charge in [0.05, 0.1) is 19.8 Å². The van der Waals surface area contributed by atoms with Crippen LogP contribution >= 0.6 is 7.82 Å². The van der Waals surface area contributed by atoms with Crippen LogP contribution in [0.5, 0.6) is 0 Å². The Morgan fingerprint density at radius 1 is 0.605 bits per heavy atom. The van der Waals surface area contributed by atoms with Crippen molar-refractivity contribution in [3.8, 4) is 0 Å². The topological polar surface area (TPSA) is 117 Å². The van der Waals surface area contributed by atoms with Crippen molar-refractivity contribution >= 4 is 13.8 Å². The van der Waals surface area contributed by atoms with Crippen LogP contribution in [-0.2, 0) is 27.9 Å². The van der Waals surface area contributed by atoms with Crippen molar-refractivity contribution in [2.45, 2.75) is 180 Å². The van der Waals surface area contributed by atoms with Crippen LogP contribution in [0.2, 0.25) is 0 Å². The van der Waals surface area contributed by atoms with Crippen LogP contribution in [0.3, 0.4) is 0 Å². The third-order valence-corrected chi connectivity index (χ3v) is 8.73. The highest BCUT2D eigenvalue weighted by molar-refractivity contribution is 7.47. The second-order valence-corrected chi connectivity index (χ2v) is 13.6. The highest BCUT2D eigenvalue weighted by Crippen LogP contribution is 2.43. The first kappa shape index (κ1) is 42.5. The van der Waals surface area contributed by atoms with Crippen LogP contribution in [0.15, 0.2) is 0 Å². The number of carbonyl (C=O) groups excluding carboxylic acids is 1. The van der Waals surface area contributed by atoms with Crippen LogP contribution in [0.25, 0.3) is 0 Å². The summed E-state index contributed by atoms with van der Waals surface area (Å²) in [5.74, 6) is -0.380. The molecule has 0 rings (SSSR count). The Bertz CT molecular complexity index is 638. The van der Waals surface area contributed by atoms with Gasteiger partial charge >= 0.3 is 13.8 Å². The number of esters is 1. The number of hydrogen-bond donors (Lipinski definition) is 2. The van der Waals surface area contributed by atoms with E-state index in [1.165, 1.54) is 135 Å². The predicted octanol–water partition coefficient (Wildman–Crippen LogP) is 9.80. The minimum Gasteiger partial charge on any atom is -0.457 e. The zero-order chi connectivity index (χ0) is 31.7. The molecular weight excluding hydrogens is 565 g/mol. The summed E-state index contributed by atoms with van der Waals surface area (Å²) in [4.78, 5) is 21.6. The lowest BCUT2D eigenvalue weighted by Crippen LogP contribution is -2.28. The molecule has 0 amide bonds. The smallest absolute Gasteiger partial charge is 0.457 e. The number of nitrogens with two attached hydrogens (primary N) is 1. The van der Waals surface area contributed by atoms with Gasteiger partial charge in [-0.2, -0.15) is 0 Å². The molecule has 43 heavy (non-hydrogen) atoms. The zero-order valence-electron chi connectivity index (χ0n) is 28.2. The van der Waals surface area contributed by atoms with Crippen molar-refractivity contribution in [3.63, 3.8) is 0 Å². The SMILES string of the molecule is CCCCCCCCCCCCCCCCCCCCCCCCCOCC(COP(=O)(O)OCCN)OC(=O)CCC. The molecule has 0 aromatic rings. The third-order valence-electron chi connectivity index (χ3n) is 7.74.